The molecule has 0 bridgehead atoms. The van der Waals surface area contributed by atoms with E-state index in [0.717, 1.165) is 69.9 Å². The Balaban J connectivity index is 0.816. The number of rotatable bonds is 10. The van der Waals surface area contributed by atoms with E-state index in [-0.39, 0.29) is 53.8 Å². The first kappa shape index (κ1) is 37.8. The van der Waals surface area contributed by atoms with E-state index < -0.39 is 18.2 Å². The molecule has 1 spiro atoms. The van der Waals surface area contributed by atoms with Gasteiger partial charge in [-0.1, -0.05) is 61.5 Å². The fourth-order valence-corrected chi connectivity index (χ4v) is 9.94. The average Bonchev–Trinajstić information content (AvgIpc) is 3.94. The lowest BCUT2D eigenvalue weighted by Gasteiger charge is -2.59. The van der Waals surface area contributed by atoms with E-state index in [0.29, 0.717) is 11.3 Å². The summed E-state index contributed by atoms with van der Waals surface area (Å²) in [5.41, 5.74) is 9.15. The number of hydrogen-bond acceptors (Lipinski definition) is 11. The molecule has 5 heterocycles. The van der Waals surface area contributed by atoms with Crippen LogP contribution in [0.4, 0.5) is 5.69 Å². The van der Waals surface area contributed by atoms with Crippen LogP contribution >= 0.6 is 11.3 Å². The van der Waals surface area contributed by atoms with Gasteiger partial charge in [-0.3, -0.25) is 9.59 Å². The van der Waals surface area contributed by atoms with E-state index in [4.69, 9.17) is 0 Å². The molecule has 13 nitrogen and oxygen atoms in total. The standard InChI is InChI=1S/C44H47N9O4S/c1-25(2)40(43(57)52-20-33(54)17-38(52)42(56)46-26(3)28-9-11-29(12-10-28)41-27(4)45-24-58-41)53-21-37(49-50-53)31-18-44(19-31)22-51(23-44)32-14-13-30-15-36(48-47-35(30)16-32)34-7-5-6-8-39(34)55/h5-16,21,24-26,31,33,38,40,54-55H,17-20,22-23H2,1-4H3,(H,46,56)/t26-,33+,38-,40-/m0/s1. The monoisotopic (exact) mass is 797 g/mol. The number of amides is 2. The first-order chi connectivity index (χ1) is 27.9. The maximum Gasteiger partial charge on any atom is 0.248 e. The number of para-hydroxylation sites is 1. The summed E-state index contributed by atoms with van der Waals surface area (Å²) in [4.78, 5) is 37.4. The van der Waals surface area contributed by atoms with Crippen LogP contribution in [0.2, 0.25) is 0 Å². The third kappa shape index (κ3) is 6.98. The number of fused-ring (bicyclic) bond motifs is 1. The zero-order chi connectivity index (χ0) is 40.3. The molecule has 2 saturated heterocycles. The van der Waals surface area contributed by atoms with Gasteiger partial charge in [0.05, 0.1) is 45.1 Å². The molecule has 6 aromatic rings. The summed E-state index contributed by atoms with van der Waals surface area (Å²) < 4.78 is 1.66. The number of benzene rings is 3. The highest BCUT2D eigenvalue weighted by molar-refractivity contribution is 7.13. The first-order valence-corrected chi connectivity index (χ1v) is 20.8. The van der Waals surface area contributed by atoms with E-state index in [2.05, 4.69) is 53.9 Å². The van der Waals surface area contributed by atoms with Crippen molar-refractivity contribution in [1.82, 2.24) is 40.4 Å². The van der Waals surface area contributed by atoms with Gasteiger partial charge < -0.3 is 25.3 Å². The molecule has 4 atom stereocenters. The third-order valence-electron chi connectivity index (χ3n) is 12.3. The van der Waals surface area contributed by atoms with Crippen molar-refractivity contribution in [2.75, 3.05) is 24.5 Å². The van der Waals surface area contributed by atoms with E-state index in [1.807, 2.05) is 81.9 Å². The number of phenols is 1. The van der Waals surface area contributed by atoms with Crippen molar-refractivity contribution in [2.45, 2.75) is 77.1 Å². The highest BCUT2D eigenvalue weighted by atomic mass is 32.1. The number of aliphatic hydroxyl groups excluding tert-OH is 1. The van der Waals surface area contributed by atoms with Gasteiger partial charge in [-0.25, -0.2) is 9.67 Å². The van der Waals surface area contributed by atoms with Gasteiger partial charge in [0.2, 0.25) is 11.8 Å². The molecule has 2 amide bonds. The number of hydrogen-bond donors (Lipinski definition) is 3. The Morgan fingerprint density at radius 1 is 0.966 bits per heavy atom. The van der Waals surface area contributed by atoms with Crippen LogP contribution in [0.3, 0.4) is 0 Å². The van der Waals surface area contributed by atoms with Gasteiger partial charge in [0.1, 0.15) is 17.8 Å². The van der Waals surface area contributed by atoms with Crippen LogP contribution in [-0.2, 0) is 9.59 Å². The number of carbonyl (C=O) groups excluding carboxylic acids is 2. The number of phenolic OH excluding ortho intramolecular Hbond substituents is 1. The van der Waals surface area contributed by atoms with Crippen molar-refractivity contribution in [2.24, 2.45) is 11.3 Å². The van der Waals surface area contributed by atoms with Gasteiger partial charge in [0.25, 0.3) is 0 Å². The topological polar surface area (TPSA) is 162 Å². The van der Waals surface area contributed by atoms with Crippen molar-refractivity contribution in [3.63, 3.8) is 0 Å². The Morgan fingerprint density at radius 3 is 2.47 bits per heavy atom. The molecular weight excluding hydrogens is 751 g/mol. The quantitative estimate of drug-likeness (QED) is 0.141. The van der Waals surface area contributed by atoms with Gasteiger partial charge in [-0.05, 0) is 74.1 Å². The highest BCUT2D eigenvalue weighted by Crippen LogP contribution is 2.56. The van der Waals surface area contributed by atoms with Crippen molar-refractivity contribution in [3.8, 4) is 27.4 Å². The molecule has 14 heteroatoms. The molecule has 2 aliphatic heterocycles. The molecule has 0 unspecified atom stereocenters. The zero-order valence-electron chi connectivity index (χ0n) is 33.0. The number of β-amino-alcohol motifs (C(OH)–C–C–N with tert-alkyl or cyclic N) is 1. The average molecular weight is 798 g/mol. The van der Waals surface area contributed by atoms with Crippen LogP contribution in [0.5, 0.6) is 5.75 Å². The number of nitrogens with zero attached hydrogens (tertiary/aromatic N) is 8. The molecule has 3 aliphatic rings. The number of aromatic nitrogens is 6. The normalized spacial score (nSPS) is 20.0. The minimum atomic E-state index is -0.797. The molecule has 3 N–H and O–H groups in total. The minimum Gasteiger partial charge on any atom is -0.507 e. The van der Waals surface area contributed by atoms with Crippen molar-refractivity contribution < 1.29 is 19.8 Å². The summed E-state index contributed by atoms with van der Waals surface area (Å²) in [7, 11) is 0. The van der Waals surface area contributed by atoms with Crippen LogP contribution in [-0.4, -0.2) is 88.9 Å². The molecule has 58 heavy (non-hydrogen) atoms. The van der Waals surface area contributed by atoms with Crippen LogP contribution in [0.25, 0.3) is 32.6 Å². The third-order valence-corrected chi connectivity index (χ3v) is 13.3. The molecule has 3 aromatic carbocycles. The van der Waals surface area contributed by atoms with Crippen molar-refractivity contribution in [1.29, 1.82) is 0 Å². The summed E-state index contributed by atoms with van der Waals surface area (Å²) in [5, 5.41) is 42.9. The Kier molecular flexibility index (Phi) is 9.71. The summed E-state index contributed by atoms with van der Waals surface area (Å²) in [5.74, 6) is -0.222. The fourth-order valence-electron chi connectivity index (χ4n) is 9.13. The zero-order valence-corrected chi connectivity index (χ0v) is 33.8. The number of carbonyl (C=O) groups is 2. The van der Waals surface area contributed by atoms with E-state index in [1.54, 1.807) is 28.2 Å². The lowest BCUT2D eigenvalue weighted by Crippen LogP contribution is -2.62. The molecule has 3 aromatic heterocycles. The Bertz CT molecular complexity index is 2490. The van der Waals surface area contributed by atoms with Crippen LogP contribution < -0.4 is 10.2 Å². The van der Waals surface area contributed by atoms with Crippen LogP contribution in [0.1, 0.15) is 75.0 Å². The van der Waals surface area contributed by atoms with E-state index >= 15 is 0 Å². The predicted octanol–water partition coefficient (Wildman–Crippen LogP) is 6.45. The SMILES string of the molecule is Cc1ncsc1-c1ccc([C@H](C)NC(=O)[C@@H]2C[C@@H](O)CN2C(=O)[C@H](C(C)C)n2cc(C3CC4(C3)CN(c3ccc5cc(-c6ccccc6O)nnc5c3)C4)nn2)cc1. The van der Waals surface area contributed by atoms with Crippen LogP contribution in [0, 0.1) is 18.3 Å². The van der Waals surface area contributed by atoms with Crippen molar-refractivity contribution in [3.05, 3.63) is 101 Å². The summed E-state index contributed by atoms with van der Waals surface area (Å²) >= 11 is 1.60. The predicted molar refractivity (Wildman–Crippen MR) is 222 cm³/mol. The second kappa shape index (κ2) is 14.9. The molecular formula is C44H47N9O4S. The smallest absolute Gasteiger partial charge is 0.248 e. The highest BCUT2D eigenvalue weighted by Gasteiger charge is 2.53. The van der Waals surface area contributed by atoms with Gasteiger partial charge in [-0.15, -0.1) is 26.6 Å². The summed E-state index contributed by atoms with van der Waals surface area (Å²) in [6, 6.07) is 21.7. The summed E-state index contributed by atoms with van der Waals surface area (Å²) in [6.07, 6.45) is 3.27. The minimum absolute atomic E-state index is 0.0870. The number of aliphatic hydroxyl groups is 1. The molecule has 0 radical (unpaired) electrons. The maximum absolute atomic E-state index is 14.3. The van der Waals surface area contributed by atoms with Gasteiger partial charge >= 0.3 is 0 Å². The number of aryl methyl sites for hydroxylation is 1. The summed E-state index contributed by atoms with van der Waals surface area (Å²) in [6.45, 7) is 9.83. The lowest BCUT2D eigenvalue weighted by molar-refractivity contribution is -0.142. The van der Waals surface area contributed by atoms with Gasteiger partial charge in [-0.2, -0.15) is 0 Å². The van der Waals surface area contributed by atoms with Gasteiger partial charge in [0.15, 0.2) is 0 Å². The van der Waals surface area contributed by atoms with E-state index in [9.17, 15) is 19.8 Å². The number of nitrogens with one attached hydrogen (secondary N) is 1. The number of thiazole rings is 1. The second-order valence-corrected chi connectivity index (χ2v) is 17.6. The maximum atomic E-state index is 14.3. The first-order valence-electron chi connectivity index (χ1n) is 20.0. The molecule has 298 valence electrons. The number of anilines is 1. The molecule has 1 saturated carbocycles. The molecule has 3 fully saturated rings. The largest absolute Gasteiger partial charge is 0.507 e. The molecule has 9 rings (SSSR count). The molecule has 1 aliphatic carbocycles. The van der Waals surface area contributed by atoms with Crippen molar-refractivity contribution >= 4 is 39.7 Å². The van der Waals surface area contributed by atoms with E-state index in [1.165, 1.54) is 4.90 Å². The number of aromatic hydroxyl groups is 1. The van der Waals surface area contributed by atoms with Gasteiger partial charge in [0, 0.05) is 60.2 Å². The fraction of sp³-hybridized carbons (Fsp3) is 0.386. The number of likely N-dealkylation sites (tertiary alicyclic amines) is 1. The Morgan fingerprint density at radius 2 is 1.74 bits per heavy atom. The second-order valence-electron chi connectivity index (χ2n) is 16.8. The van der Waals surface area contributed by atoms with Crippen LogP contribution in [0.15, 0.2) is 84.5 Å². The Labute approximate surface area is 340 Å². The lowest BCUT2D eigenvalue weighted by atomic mass is 9.57. The Hall–Kier alpha value is -5.73.